The number of benzene rings is 2. The Labute approximate surface area is 165 Å². The van der Waals surface area contributed by atoms with Crippen LogP contribution in [0.4, 0.5) is 11.4 Å². The van der Waals surface area contributed by atoms with Crippen LogP contribution in [0.25, 0.3) is 0 Å². The molecule has 0 saturated heterocycles. The lowest BCUT2D eigenvalue weighted by molar-refractivity contribution is -0.132. The van der Waals surface area contributed by atoms with Crippen LogP contribution in [-0.4, -0.2) is 36.2 Å². The molecule has 6 heteroatoms. The second kappa shape index (κ2) is 8.25. The third kappa shape index (κ3) is 4.22. The van der Waals surface area contributed by atoms with E-state index in [1.807, 2.05) is 18.2 Å². The predicted octanol–water partition coefficient (Wildman–Crippen LogP) is 3.14. The summed E-state index contributed by atoms with van der Waals surface area (Å²) in [5, 5.41) is 2.89. The molecule has 0 radical (unpaired) electrons. The quantitative estimate of drug-likeness (QED) is 0.887. The highest BCUT2D eigenvalue weighted by Gasteiger charge is 2.30. The summed E-state index contributed by atoms with van der Waals surface area (Å²) in [6.45, 7) is 3.66. The first kappa shape index (κ1) is 19.6. The Morgan fingerprint density at radius 2 is 1.75 bits per heavy atom. The number of carbonyl (C=O) groups is 3. The molecule has 146 valence electrons. The van der Waals surface area contributed by atoms with Crippen molar-refractivity contribution in [3.63, 3.8) is 0 Å². The molecular formula is C22H25N3O3. The van der Waals surface area contributed by atoms with Crippen molar-refractivity contribution in [2.24, 2.45) is 0 Å². The first-order valence-corrected chi connectivity index (χ1v) is 9.36. The zero-order valence-corrected chi connectivity index (χ0v) is 16.4. The highest BCUT2D eigenvalue weighted by atomic mass is 16.2. The number of nitrogens with zero attached hydrogens (tertiary/aromatic N) is 2. The minimum Gasteiger partial charge on any atom is -0.335 e. The zero-order chi connectivity index (χ0) is 20.3. The molecule has 0 aromatic heterocycles. The van der Waals surface area contributed by atoms with Crippen molar-refractivity contribution in [2.45, 2.75) is 32.7 Å². The van der Waals surface area contributed by atoms with E-state index < -0.39 is 0 Å². The van der Waals surface area contributed by atoms with Gasteiger partial charge in [-0.1, -0.05) is 24.3 Å². The van der Waals surface area contributed by atoms with E-state index in [1.165, 1.54) is 17.4 Å². The van der Waals surface area contributed by atoms with Crippen molar-refractivity contribution in [3.8, 4) is 0 Å². The van der Waals surface area contributed by atoms with Crippen molar-refractivity contribution >= 4 is 29.1 Å². The Morgan fingerprint density at radius 3 is 2.39 bits per heavy atom. The van der Waals surface area contributed by atoms with Gasteiger partial charge < -0.3 is 15.1 Å². The normalized spacial score (nSPS) is 15.5. The zero-order valence-electron chi connectivity index (χ0n) is 16.4. The molecule has 1 atom stereocenters. The van der Waals surface area contributed by atoms with Gasteiger partial charge in [0.25, 0.3) is 0 Å². The number of anilines is 2. The fourth-order valence-electron chi connectivity index (χ4n) is 3.59. The second-order valence-corrected chi connectivity index (χ2v) is 7.05. The number of nitrogens with one attached hydrogen (secondary N) is 1. The summed E-state index contributed by atoms with van der Waals surface area (Å²) in [7, 11) is 1.70. The van der Waals surface area contributed by atoms with Crippen LogP contribution >= 0.6 is 0 Å². The first-order chi connectivity index (χ1) is 13.4. The third-order valence-electron chi connectivity index (χ3n) is 5.21. The Morgan fingerprint density at radius 1 is 1.07 bits per heavy atom. The van der Waals surface area contributed by atoms with Crippen LogP contribution in [0.1, 0.15) is 37.4 Å². The maximum Gasteiger partial charge on any atom is 0.226 e. The van der Waals surface area contributed by atoms with E-state index in [2.05, 4.69) is 11.4 Å². The molecule has 1 aliphatic heterocycles. The van der Waals surface area contributed by atoms with Gasteiger partial charge in [0.1, 0.15) is 0 Å². The molecule has 1 aliphatic rings. The number of fused-ring (bicyclic) bond motifs is 1. The molecule has 3 rings (SSSR count). The Kier molecular flexibility index (Phi) is 5.78. The van der Waals surface area contributed by atoms with Crippen molar-refractivity contribution in [2.75, 3.05) is 23.8 Å². The second-order valence-electron chi connectivity index (χ2n) is 7.05. The van der Waals surface area contributed by atoms with Crippen molar-refractivity contribution in [1.82, 2.24) is 4.90 Å². The number of hydrogen-bond donors (Lipinski definition) is 1. The van der Waals surface area contributed by atoms with Crippen LogP contribution in [0.2, 0.25) is 0 Å². The number of carbonyl (C=O) groups excluding carboxylic acids is 3. The average molecular weight is 379 g/mol. The summed E-state index contributed by atoms with van der Waals surface area (Å²) in [6.07, 6.45) is 1.00. The van der Waals surface area contributed by atoms with Crippen LogP contribution in [0.3, 0.4) is 0 Å². The van der Waals surface area contributed by atoms with Gasteiger partial charge in [0.05, 0.1) is 12.5 Å². The van der Waals surface area contributed by atoms with Crippen LogP contribution in [0.15, 0.2) is 48.5 Å². The minimum atomic E-state index is -0.259. The van der Waals surface area contributed by atoms with Crippen LogP contribution in [0, 0.1) is 0 Å². The Hall–Kier alpha value is -3.15. The fraction of sp³-hybridized carbons (Fsp3) is 0.318. The number of rotatable bonds is 4. The molecule has 6 nitrogen and oxygen atoms in total. The maximum absolute atomic E-state index is 12.7. The molecule has 0 spiro atoms. The van der Waals surface area contributed by atoms with Gasteiger partial charge in [-0.2, -0.15) is 0 Å². The average Bonchev–Trinajstić information content (AvgIpc) is 2.68. The summed E-state index contributed by atoms with van der Waals surface area (Å²) in [5.74, 6) is -0.235. The van der Waals surface area contributed by atoms with Gasteiger partial charge in [0.2, 0.25) is 17.7 Å². The number of amides is 3. The molecule has 2 aromatic rings. The highest BCUT2D eigenvalue weighted by Crippen LogP contribution is 2.32. The van der Waals surface area contributed by atoms with E-state index in [1.54, 1.807) is 43.1 Å². The lowest BCUT2D eigenvalue weighted by atomic mass is 9.90. The molecule has 28 heavy (non-hydrogen) atoms. The molecule has 2 aromatic carbocycles. The van der Waals surface area contributed by atoms with Gasteiger partial charge in [0, 0.05) is 38.8 Å². The molecule has 0 aliphatic carbocycles. The molecule has 0 saturated carbocycles. The molecule has 0 bridgehead atoms. The van der Waals surface area contributed by atoms with Gasteiger partial charge in [0.15, 0.2) is 0 Å². The fourth-order valence-corrected chi connectivity index (χ4v) is 3.59. The van der Waals surface area contributed by atoms with Crippen molar-refractivity contribution in [1.29, 1.82) is 0 Å². The van der Waals surface area contributed by atoms with E-state index in [-0.39, 0.29) is 30.2 Å². The molecule has 0 fully saturated rings. The number of hydrogen-bond acceptors (Lipinski definition) is 3. The topological polar surface area (TPSA) is 69.7 Å². The molecular weight excluding hydrogens is 354 g/mol. The molecule has 1 heterocycles. The molecule has 1 N–H and O–H groups in total. The van der Waals surface area contributed by atoms with Crippen LogP contribution in [0.5, 0.6) is 0 Å². The summed E-state index contributed by atoms with van der Waals surface area (Å²) in [5.41, 5.74) is 3.64. The van der Waals surface area contributed by atoms with Gasteiger partial charge in [-0.15, -0.1) is 0 Å². The maximum atomic E-state index is 12.7. The van der Waals surface area contributed by atoms with Gasteiger partial charge in [-0.05, 0) is 41.8 Å². The van der Waals surface area contributed by atoms with E-state index >= 15 is 0 Å². The van der Waals surface area contributed by atoms with Gasteiger partial charge >= 0.3 is 0 Å². The molecule has 1 unspecified atom stereocenters. The monoisotopic (exact) mass is 379 g/mol. The van der Waals surface area contributed by atoms with Crippen LogP contribution in [-0.2, 0) is 20.8 Å². The SMILES string of the molecule is CC(=O)N(C)c1ccc(NC(=O)CC2c3ccccc3CCN2C(C)=O)cc1. The van der Waals surface area contributed by atoms with Gasteiger partial charge in [-0.3, -0.25) is 14.4 Å². The Bertz CT molecular complexity index is 892. The third-order valence-corrected chi connectivity index (χ3v) is 5.21. The smallest absolute Gasteiger partial charge is 0.226 e. The first-order valence-electron chi connectivity index (χ1n) is 9.36. The Balaban J connectivity index is 1.73. The summed E-state index contributed by atoms with van der Waals surface area (Å²) >= 11 is 0. The van der Waals surface area contributed by atoms with E-state index in [0.29, 0.717) is 12.2 Å². The van der Waals surface area contributed by atoms with Crippen LogP contribution < -0.4 is 10.2 Å². The predicted molar refractivity (Wildman–Crippen MR) is 109 cm³/mol. The lowest BCUT2D eigenvalue weighted by Gasteiger charge is -2.36. The lowest BCUT2D eigenvalue weighted by Crippen LogP contribution is -2.40. The standard InChI is InChI=1S/C22H25N3O3/c1-15(26)24(3)19-10-8-18(9-11-19)23-22(28)14-21-20-7-5-4-6-17(20)12-13-25(21)16(2)27/h4-11,21H,12-14H2,1-3H3,(H,23,28). The highest BCUT2D eigenvalue weighted by molar-refractivity contribution is 5.93. The van der Waals surface area contributed by atoms with E-state index in [4.69, 9.17) is 0 Å². The van der Waals surface area contributed by atoms with E-state index in [0.717, 1.165) is 17.7 Å². The largest absolute Gasteiger partial charge is 0.335 e. The minimum absolute atomic E-state index is 0.0241. The molecule has 3 amide bonds. The van der Waals surface area contributed by atoms with Crippen molar-refractivity contribution < 1.29 is 14.4 Å². The summed E-state index contributed by atoms with van der Waals surface area (Å²) in [4.78, 5) is 39.5. The summed E-state index contributed by atoms with van der Waals surface area (Å²) < 4.78 is 0. The van der Waals surface area contributed by atoms with E-state index in [9.17, 15) is 14.4 Å². The van der Waals surface area contributed by atoms with Crippen molar-refractivity contribution in [3.05, 3.63) is 59.7 Å². The van der Waals surface area contributed by atoms with Gasteiger partial charge in [-0.25, -0.2) is 0 Å². The summed E-state index contributed by atoms with van der Waals surface area (Å²) in [6, 6.07) is 14.8.